The molecule has 19 heavy (non-hydrogen) atoms. The van der Waals surface area contributed by atoms with E-state index in [1.807, 2.05) is 19.1 Å². The molecule has 1 aromatic carbocycles. The number of aromatic hydroxyl groups is 1. The van der Waals surface area contributed by atoms with Crippen LogP contribution < -0.4 is 0 Å². The number of carboxylic acid groups (broad SMARTS) is 1. The van der Waals surface area contributed by atoms with Gasteiger partial charge in [-0.15, -0.1) is 0 Å². The van der Waals surface area contributed by atoms with Crippen molar-refractivity contribution in [2.75, 3.05) is 0 Å². The van der Waals surface area contributed by atoms with Crippen molar-refractivity contribution in [3.63, 3.8) is 0 Å². The number of hydrogen-bond acceptors (Lipinski definition) is 5. The fourth-order valence-electron chi connectivity index (χ4n) is 1.46. The molecule has 6 heteroatoms. The summed E-state index contributed by atoms with van der Waals surface area (Å²) >= 11 is 5.16. The highest BCUT2D eigenvalue weighted by Gasteiger charge is 2.09. The standard InChI is InChI=1S/C13H10O3S3/c1-7-11(18-19-13(7)17)5-3-8-2-4-10(14)9(6-8)12(15)16/h2-6,14H,1H3,(H,15,16). The largest absolute Gasteiger partial charge is 0.507 e. The SMILES string of the molecule is Cc1c(C=Cc2ccc(O)c(C(=O)O)c2)ssc1=S. The summed E-state index contributed by atoms with van der Waals surface area (Å²) in [6, 6.07) is 4.49. The van der Waals surface area contributed by atoms with E-state index < -0.39 is 5.97 Å². The van der Waals surface area contributed by atoms with E-state index in [0.29, 0.717) is 0 Å². The first kappa shape index (κ1) is 13.9. The van der Waals surface area contributed by atoms with Gasteiger partial charge in [-0.2, -0.15) is 0 Å². The Kier molecular flexibility index (Phi) is 4.14. The molecule has 2 rings (SSSR count). The van der Waals surface area contributed by atoms with Crippen LogP contribution in [0.15, 0.2) is 18.2 Å². The Balaban J connectivity index is 2.34. The van der Waals surface area contributed by atoms with Crippen LogP contribution in [-0.4, -0.2) is 16.2 Å². The van der Waals surface area contributed by atoms with Gasteiger partial charge in [0.15, 0.2) is 0 Å². The minimum atomic E-state index is -1.14. The summed E-state index contributed by atoms with van der Waals surface area (Å²) < 4.78 is 0.876. The molecule has 0 saturated heterocycles. The highest BCUT2D eigenvalue weighted by Crippen LogP contribution is 2.26. The van der Waals surface area contributed by atoms with Crippen molar-refractivity contribution in [2.24, 2.45) is 0 Å². The molecule has 0 aliphatic carbocycles. The van der Waals surface area contributed by atoms with E-state index in [1.165, 1.54) is 12.1 Å². The minimum Gasteiger partial charge on any atom is -0.507 e. The summed E-state index contributed by atoms with van der Waals surface area (Å²) in [7, 11) is 3.14. The quantitative estimate of drug-likeness (QED) is 0.651. The van der Waals surface area contributed by atoms with Crippen LogP contribution >= 0.6 is 32.9 Å². The summed E-state index contributed by atoms with van der Waals surface area (Å²) in [5.41, 5.74) is 1.69. The number of rotatable bonds is 3. The third-order valence-corrected chi connectivity index (χ3v) is 5.89. The molecule has 2 N–H and O–H groups in total. The number of carboxylic acids is 1. The Bertz CT molecular complexity index is 710. The van der Waals surface area contributed by atoms with Gasteiger partial charge in [0.1, 0.15) is 15.1 Å². The second kappa shape index (κ2) is 5.64. The average molecular weight is 310 g/mol. The van der Waals surface area contributed by atoms with Gasteiger partial charge in [-0.1, -0.05) is 45.0 Å². The van der Waals surface area contributed by atoms with Crippen LogP contribution in [0.5, 0.6) is 5.75 Å². The zero-order valence-corrected chi connectivity index (χ0v) is 12.4. The smallest absolute Gasteiger partial charge is 0.339 e. The fourth-order valence-corrected chi connectivity index (χ4v) is 4.17. The summed E-state index contributed by atoms with van der Waals surface area (Å²) in [4.78, 5) is 12.0. The topological polar surface area (TPSA) is 57.5 Å². The van der Waals surface area contributed by atoms with E-state index in [9.17, 15) is 9.90 Å². The summed E-state index contributed by atoms with van der Waals surface area (Å²) in [6.45, 7) is 1.97. The Morgan fingerprint density at radius 3 is 2.63 bits per heavy atom. The Morgan fingerprint density at radius 2 is 2.05 bits per heavy atom. The van der Waals surface area contributed by atoms with Crippen molar-refractivity contribution in [3.8, 4) is 5.75 Å². The average Bonchev–Trinajstić information content (AvgIpc) is 2.69. The predicted molar refractivity (Wildman–Crippen MR) is 81.8 cm³/mol. The lowest BCUT2D eigenvalue weighted by molar-refractivity contribution is 0.0693. The fraction of sp³-hybridized carbons (Fsp3) is 0.0769. The molecule has 98 valence electrons. The molecule has 0 amide bonds. The van der Waals surface area contributed by atoms with E-state index >= 15 is 0 Å². The van der Waals surface area contributed by atoms with Crippen molar-refractivity contribution in [1.29, 1.82) is 0 Å². The number of carbonyl (C=O) groups is 1. The number of phenols is 1. The van der Waals surface area contributed by atoms with Gasteiger partial charge in [-0.05, 0) is 36.3 Å². The Labute approximate surface area is 122 Å². The first-order chi connectivity index (χ1) is 8.99. The van der Waals surface area contributed by atoms with Crippen LogP contribution in [-0.2, 0) is 0 Å². The second-order valence-corrected chi connectivity index (χ2v) is 6.71. The van der Waals surface area contributed by atoms with Crippen LogP contribution in [0.2, 0.25) is 0 Å². The molecule has 0 aliphatic heterocycles. The molecule has 0 aliphatic rings. The Morgan fingerprint density at radius 1 is 1.32 bits per heavy atom. The van der Waals surface area contributed by atoms with Gasteiger partial charge in [0.05, 0.1) is 0 Å². The van der Waals surface area contributed by atoms with Gasteiger partial charge >= 0.3 is 5.97 Å². The van der Waals surface area contributed by atoms with Crippen molar-refractivity contribution < 1.29 is 15.0 Å². The zero-order valence-electron chi connectivity index (χ0n) is 9.91. The van der Waals surface area contributed by atoms with E-state index in [1.54, 1.807) is 26.7 Å². The molecular weight excluding hydrogens is 300 g/mol. The molecule has 0 fully saturated rings. The number of aromatic carboxylic acids is 1. The maximum absolute atomic E-state index is 10.9. The molecule has 0 atom stereocenters. The number of benzene rings is 1. The summed E-state index contributed by atoms with van der Waals surface area (Å²) in [5, 5.41) is 18.4. The van der Waals surface area contributed by atoms with Gasteiger partial charge in [0, 0.05) is 4.88 Å². The molecule has 0 unspecified atom stereocenters. The Hall–Kier alpha value is -1.50. The summed E-state index contributed by atoms with van der Waals surface area (Å²) in [6.07, 6.45) is 3.72. The van der Waals surface area contributed by atoms with Gasteiger partial charge in [0.2, 0.25) is 0 Å². The van der Waals surface area contributed by atoms with Crippen molar-refractivity contribution in [3.05, 3.63) is 43.6 Å². The normalized spacial score (nSPS) is 11.0. The highest BCUT2D eigenvalue weighted by atomic mass is 32.9. The van der Waals surface area contributed by atoms with Gasteiger partial charge < -0.3 is 10.2 Å². The zero-order chi connectivity index (χ0) is 14.0. The lowest BCUT2D eigenvalue weighted by atomic mass is 10.1. The maximum Gasteiger partial charge on any atom is 0.339 e. The van der Waals surface area contributed by atoms with Gasteiger partial charge in [-0.25, -0.2) is 4.79 Å². The van der Waals surface area contributed by atoms with E-state index in [0.717, 1.165) is 19.8 Å². The van der Waals surface area contributed by atoms with E-state index in [2.05, 4.69) is 0 Å². The summed E-state index contributed by atoms with van der Waals surface area (Å²) in [5.74, 6) is -1.37. The van der Waals surface area contributed by atoms with Gasteiger partial charge in [-0.3, -0.25) is 0 Å². The van der Waals surface area contributed by atoms with Crippen LogP contribution in [0.3, 0.4) is 0 Å². The van der Waals surface area contributed by atoms with Gasteiger partial charge in [0.25, 0.3) is 0 Å². The molecule has 0 spiro atoms. The molecule has 2 aromatic rings. The predicted octanol–water partition coefficient (Wildman–Crippen LogP) is 4.42. The minimum absolute atomic E-state index is 0.100. The molecule has 0 radical (unpaired) electrons. The lowest BCUT2D eigenvalue weighted by Crippen LogP contribution is -1.96. The number of hydrogen-bond donors (Lipinski definition) is 2. The molecule has 0 saturated carbocycles. The van der Waals surface area contributed by atoms with Crippen LogP contribution in [0.25, 0.3) is 12.2 Å². The van der Waals surface area contributed by atoms with E-state index in [4.69, 9.17) is 17.3 Å². The van der Waals surface area contributed by atoms with Crippen molar-refractivity contribution in [2.45, 2.75) is 6.92 Å². The van der Waals surface area contributed by atoms with Crippen molar-refractivity contribution in [1.82, 2.24) is 0 Å². The monoisotopic (exact) mass is 310 g/mol. The van der Waals surface area contributed by atoms with Crippen LogP contribution in [0, 0.1) is 10.7 Å². The van der Waals surface area contributed by atoms with Crippen LogP contribution in [0.1, 0.15) is 26.4 Å². The molecule has 1 heterocycles. The third kappa shape index (κ3) is 3.09. The lowest BCUT2D eigenvalue weighted by Gasteiger charge is -2.00. The molecular formula is C13H10O3S3. The molecule has 3 nitrogen and oxygen atoms in total. The van der Waals surface area contributed by atoms with Crippen LogP contribution in [0.4, 0.5) is 0 Å². The molecule has 0 bridgehead atoms. The van der Waals surface area contributed by atoms with E-state index in [-0.39, 0.29) is 11.3 Å². The van der Waals surface area contributed by atoms with Crippen molar-refractivity contribution >= 4 is 51.0 Å². The highest BCUT2D eigenvalue weighted by molar-refractivity contribution is 7.79. The first-order valence-electron chi connectivity index (χ1n) is 5.33. The maximum atomic E-state index is 10.9. The molecule has 1 aromatic heterocycles. The third-order valence-electron chi connectivity index (χ3n) is 2.56. The second-order valence-electron chi connectivity index (χ2n) is 3.86. The first-order valence-corrected chi connectivity index (χ1v) is 7.89.